The SMILES string of the molecule is COC1CCOC(c2cnc(C3CC3)nc2)C1. The van der Waals surface area contributed by atoms with Crippen LogP contribution in [0.2, 0.25) is 0 Å². The summed E-state index contributed by atoms with van der Waals surface area (Å²) < 4.78 is 11.1. The summed E-state index contributed by atoms with van der Waals surface area (Å²) in [6.45, 7) is 0.757. The van der Waals surface area contributed by atoms with Crippen molar-refractivity contribution in [1.29, 1.82) is 0 Å². The van der Waals surface area contributed by atoms with Crippen molar-refractivity contribution in [2.45, 2.75) is 43.8 Å². The second-order valence-electron chi connectivity index (χ2n) is 4.89. The second kappa shape index (κ2) is 4.70. The van der Waals surface area contributed by atoms with Gasteiger partial charge in [-0.1, -0.05) is 0 Å². The van der Waals surface area contributed by atoms with E-state index in [9.17, 15) is 0 Å². The van der Waals surface area contributed by atoms with Crippen LogP contribution in [0.1, 0.15) is 49.1 Å². The lowest BCUT2D eigenvalue weighted by atomic mass is 10.0. The molecule has 2 aliphatic rings. The summed E-state index contributed by atoms with van der Waals surface area (Å²) >= 11 is 0. The molecule has 0 spiro atoms. The lowest BCUT2D eigenvalue weighted by Gasteiger charge is -2.28. The van der Waals surface area contributed by atoms with Crippen molar-refractivity contribution in [3.63, 3.8) is 0 Å². The molecule has 1 saturated heterocycles. The van der Waals surface area contributed by atoms with Crippen molar-refractivity contribution >= 4 is 0 Å². The molecule has 2 fully saturated rings. The maximum Gasteiger partial charge on any atom is 0.131 e. The van der Waals surface area contributed by atoms with E-state index in [1.807, 2.05) is 12.4 Å². The van der Waals surface area contributed by atoms with Gasteiger partial charge in [0.1, 0.15) is 5.82 Å². The van der Waals surface area contributed by atoms with Crippen molar-refractivity contribution in [1.82, 2.24) is 9.97 Å². The van der Waals surface area contributed by atoms with E-state index >= 15 is 0 Å². The van der Waals surface area contributed by atoms with Gasteiger partial charge >= 0.3 is 0 Å². The van der Waals surface area contributed by atoms with E-state index in [1.165, 1.54) is 12.8 Å². The Kier molecular flexibility index (Phi) is 3.07. The van der Waals surface area contributed by atoms with Gasteiger partial charge in [-0.25, -0.2) is 9.97 Å². The van der Waals surface area contributed by atoms with E-state index in [0.29, 0.717) is 12.0 Å². The fourth-order valence-corrected chi connectivity index (χ4v) is 2.28. The van der Waals surface area contributed by atoms with Gasteiger partial charge in [0.2, 0.25) is 0 Å². The van der Waals surface area contributed by atoms with Crippen LogP contribution < -0.4 is 0 Å². The van der Waals surface area contributed by atoms with Crippen LogP contribution in [0.4, 0.5) is 0 Å². The molecule has 1 saturated carbocycles. The molecule has 0 N–H and O–H groups in total. The molecule has 1 aliphatic heterocycles. The second-order valence-corrected chi connectivity index (χ2v) is 4.89. The van der Waals surface area contributed by atoms with Gasteiger partial charge in [0, 0.05) is 44.0 Å². The molecule has 0 amide bonds. The Morgan fingerprint density at radius 1 is 1.24 bits per heavy atom. The van der Waals surface area contributed by atoms with Crippen LogP contribution in [0.5, 0.6) is 0 Å². The summed E-state index contributed by atoms with van der Waals surface area (Å²) in [7, 11) is 1.76. The molecule has 2 heterocycles. The zero-order valence-corrected chi connectivity index (χ0v) is 10.1. The Balaban J connectivity index is 1.69. The quantitative estimate of drug-likeness (QED) is 0.804. The summed E-state index contributed by atoms with van der Waals surface area (Å²) in [6.07, 6.45) is 8.61. The lowest BCUT2D eigenvalue weighted by Crippen LogP contribution is -2.25. The standard InChI is InChI=1S/C13H18N2O2/c1-16-11-4-5-17-12(6-11)10-7-14-13(15-8-10)9-2-3-9/h7-9,11-12H,2-6H2,1H3. The van der Waals surface area contributed by atoms with Crippen molar-refractivity contribution in [2.75, 3.05) is 13.7 Å². The molecule has 1 aliphatic carbocycles. The highest BCUT2D eigenvalue weighted by molar-refractivity contribution is 5.13. The van der Waals surface area contributed by atoms with Crippen molar-refractivity contribution in [2.24, 2.45) is 0 Å². The fourth-order valence-electron chi connectivity index (χ4n) is 2.28. The number of hydrogen-bond acceptors (Lipinski definition) is 4. The summed E-state index contributed by atoms with van der Waals surface area (Å²) in [5.74, 6) is 1.61. The van der Waals surface area contributed by atoms with Crippen molar-refractivity contribution in [3.05, 3.63) is 23.8 Å². The van der Waals surface area contributed by atoms with E-state index < -0.39 is 0 Å². The average molecular weight is 234 g/mol. The topological polar surface area (TPSA) is 44.2 Å². The number of methoxy groups -OCH3 is 1. The minimum absolute atomic E-state index is 0.0990. The molecule has 0 bridgehead atoms. The predicted octanol–water partition coefficient (Wildman–Crippen LogP) is 2.22. The van der Waals surface area contributed by atoms with Gasteiger partial charge in [-0.2, -0.15) is 0 Å². The van der Waals surface area contributed by atoms with E-state index in [-0.39, 0.29) is 6.10 Å². The third-order valence-corrected chi connectivity index (χ3v) is 3.58. The molecule has 4 nitrogen and oxygen atoms in total. The highest BCUT2D eigenvalue weighted by Gasteiger charge is 2.28. The number of aromatic nitrogens is 2. The number of ether oxygens (including phenoxy) is 2. The molecule has 2 atom stereocenters. The normalized spacial score (nSPS) is 29.2. The zero-order valence-electron chi connectivity index (χ0n) is 10.1. The molecule has 1 aromatic rings. The molecular formula is C13H18N2O2. The molecule has 17 heavy (non-hydrogen) atoms. The van der Waals surface area contributed by atoms with Gasteiger partial charge in [0.25, 0.3) is 0 Å². The summed E-state index contributed by atoms with van der Waals surface area (Å²) in [5, 5.41) is 0. The van der Waals surface area contributed by atoms with Crippen molar-refractivity contribution < 1.29 is 9.47 Å². The molecule has 0 aromatic carbocycles. The Hall–Kier alpha value is -1.00. The maximum absolute atomic E-state index is 5.75. The lowest BCUT2D eigenvalue weighted by molar-refractivity contribution is -0.0601. The first kappa shape index (κ1) is 11.1. The van der Waals surface area contributed by atoms with Crippen LogP contribution in [-0.4, -0.2) is 29.8 Å². The van der Waals surface area contributed by atoms with Crippen LogP contribution in [0.15, 0.2) is 12.4 Å². The molecular weight excluding hydrogens is 216 g/mol. The van der Waals surface area contributed by atoms with Gasteiger partial charge in [-0.3, -0.25) is 0 Å². The van der Waals surface area contributed by atoms with Crippen LogP contribution in [0.3, 0.4) is 0 Å². The van der Waals surface area contributed by atoms with Gasteiger partial charge in [-0.15, -0.1) is 0 Å². The first-order valence-corrected chi connectivity index (χ1v) is 6.33. The van der Waals surface area contributed by atoms with Gasteiger partial charge in [-0.05, 0) is 19.3 Å². The molecule has 2 unspecified atom stereocenters. The molecule has 1 aromatic heterocycles. The zero-order chi connectivity index (χ0) is 11.7. The monoisotopic (exact) mass is 234 g/mol. The predicted molar refractivity (Wildman–Crippen MR) is 62.7 cm³/mol. The smallest absolute Gasteiger partial charge is 0.131 e. The third-order valence-electron chi connectivity index (χ3n) is 3.58. The third kappa shape index (κ3) is 2.48. The van der Waals surface area contributed by atoms with Crippen LogP contribution in [0.25, 0.3) is 0 Å². The Bertz CT molecular complexity index is 376. The Morgan fingerprint density at radius 3 is 2.65 bits per heavy atom. The van der Waals surface area contributed by atoms with Gasteiger partial charge in [0.05, 0.1) is 12.2 Å². The minimum atomic E-state index is 0.0990. The largest absolute Gasteiger partial charge is 0.381 e. The summed E-state index contributed by atoms with van der Waals surface area (Å²) in [5.41, 5.74) is 1.08. The van der Waals surface area contributed by atoms with E-state index in [4.69, 9.17) is 9.47 Å². The Morgan fingerprint density at radius 2 is 2.00 bits per heavy atom. The van der Waals surface area contributed by atoms with Gasteiger partial charge in [0.15, 0.2) is 0 Å². The van der Waals surface area contributed by atoms with Crippen LogP contribution >= 0.6 is 0 Å². The van der Waals surface area contributed by atoms with E-state index in [0.717, 1.165) is 30.8 Å². The van der Waals surface area contributed by atoms with E-state index in [1.54, 1.807) is 7.11 Å². The van der Waals surface area contributed by atoms with E-state index in [2.05, 4.69) is 9.97 Å². The summed E-state index contributed by atoms with van der Waals surface area (Å²) in [6, 6.07) is 0. The minimum Gasteiger partial charge on any atom is -0.381 e. The first-order valence-electron chi connectivity index (χ1n) is 6.33. The molecule has 3 rings (SSSR count). The number of nitrogens with zero attached hydrogens (tertiary/aromatic N) is 2. The number of hydrogen-bond donors (Lipinski definition) is 0. The van der Waals surface area contributed by atoms with Crippen LogP contribution in [-0.2, 0) is 9.47 Å². The molecule has 4 heteroatoms. The molecule has 92 valence electrons. The maximum atomic E-state index is 5.75. The highest BCUT2D eigenvalue weighted by atomic mass is 16.5. The van der Waals surface area contributed by atoms with Gasteiger partial charge < -0.3 is 9.47 Å². The average Bonchev–Trinajstić information content (AvgIpc) is 3.23. The first-order chi connectivity index (χ1) is 8.36. The highest BCUT2D eigenvalue weighted by Crippen LogP contribution is 2.38. The van der Waals surface area contributed by atoms with Crippen LogP contribution in [0, 0.1) is 0 Å². The van der Waals surface area contributed by atoms with Crippen molar-refractivity contribution in [3.8, 4) is 0 Å². The Labute approximate surface area is 101 Å². The fraction of sp³-hybridized carbons (Fsp3) is 0.692. The number of rotatable bonds is 3. The summed E-state index contributed by atoms with van der Waals surface area (Å²) in [4.78, 5) is 8.87. The molecule has 0 radical (unpaired) electrons.